The van der Waals surface area contributed by atoms with Crippen LogP contribution >= 0.6 is 0 Å². The minimum absolute atomic E-state index is 0.00920. The van der Waals surface area contributed by atoms with Crippen molar-refractivity contribution < 1.29 is 44.5 Å². The molecule has 1 aromatic carbocycles. The van der Waals surface area contributed by atoms with Gasteiger partial charge in [0, 0.05) is 17.7 Å². The number of aryl methyl sites for hydroxylation is 1. The molecule has 0 bridgehead atoms. The lowest BCUT2D eigenvalue weighted by molar-refractivity contribution is -0.277. The zero-order chi connectivity index (χ0) is 22.9. The fourth-order valence-corrected chi connectivity index (χ4v) is 3.37. The number of ether oxygens (including phenoxy) is 2. The molecule has 1 aliphatic rings. The van der Waals surface area contributed by atoms with Crippen molar-refractivity contribution in [2.75, 3.05) is 13.2 Å². The molecule has 10 heteroatoms. The lowest BCUT2D eigenvalue weighted by Gasteiger charge is -2.39. The smallest absolute Gasteiger partial charge is 0.229 e. The van der Waals surface area contributed by atoms with E-state index in [0.717, 1.165) is 0 Å². The van der Waals surface area contributed by atoms with E-state index in [0.29, 0.717) is 11.3 Å². The number of phenols is 1. The van der Waals surface area contributed by atoms with Crippen LogP contribution in [-0.4, -0.2) is 74.6 Å². The predicted molar refractivity (Wildman–Crippen MR) is 108 cm³/mol. The zero-order valence-electron chi connectivity index (χ0n) is 17.1. The Kier molecular flexibility index (Phi) is 6.99. The molecule has 0 spiro atoms. The number of rotatable bonds is 6. The van der Waals surface area contributed by atoms with Crippen molar-refractivity contribution in [1.29, 1.82) is 0 Å². The van der Waals surface area contributed by atoms with Crippen LogP contribution < -0.4 is 10.2 Å². The van der Waals surface area contributed by atoms with E-state index in [4.69, 9.17) is 13.9 Å². The maximum atomic E-state index is 12.4. The molecule has 10 nitrogen and oxygen atoms in total. The van der Waals surface area contributed by atoms with Gasteiger partial charge in [0.05, 0.1) is 13.2 Å². The van der Waals surface area contributed by atoms with Crippen LogP contribution in [0.2, 0.25) is 0 Å². The average Bonchev–Trinajstić information content (AvgIpc) is 2.72. The van der Waals surface area contributed by atoms with Crippen LogP contribution in [0.4, 0.5) is 0 Å². The molecule has 1 fully saturated rings. The van der Waals surface area contributed by atoms with Crippen molar-refractivity contribution in [3.63, 3.8) is 0 Å². The largest absolute Gasteiger partial charge is 0.507 e. The second-order valence-electron chi connectivity index (χ2n) is 7.52. The number of aromatic hydroxyl groups is 1. The maximum Gasteiger partial charge on any atom is 0.229 e. The van der Waals surface area contributed by atoms with E-state index in [1.54, 1.807) is 19.9 Å². The molecular weight excluding hydrogens is 412 g/mol. The SMILES string of the molecule is CC(=CCc1c(O[C@@H]2O[C@H](CO)[C@@H](O)[C@H](O)[C@H]2O)cc2oc(C)cc(=O)c2c1O)CO. The Morgan fingerprint density at radius 1 is 1.16 bits per heavy atom. The van der Waals surface area contributed by atoms with Crippen molar-refractivity contribution in [2.24, 2.45) is 0 Å². The van der Waals surface area contributed by atoms with Crippen LogP contribution in [0.1, 0.15) is 18.2 Å². The van der Waals surface area contributed by atoms with Gasteiger partial charge in [-0.2, -0.15) is 0 Å². The topological polar surface area (TPSA) is 170 Å². The number of hydrogen-bond acceptors (Lipinski definition) is 10. The lowest BCUT2D eigenvalue weighted by atomic mass is 9.99. The summed E-state index contributed by atoms with van der Waals surface area (Å²) in [4.78, 5) is 12.4. The Labute approximate surface area is 177 Å². The minimum Gasteiger partial charge on any atom is -0.507 e. The fraction of sp³-hybridized carbons (Fsp3) is 0.476. The van der Waals surface area contributed by atoms with E-state index in [-0.39, 0.29) is 35.3 Å². The van der Waals surface area contributed by atoms with Gasteiger partial charge in [-0.05, 0) is 20.3 Å². The van der Waals surface area contributed by atoms with Crippen LogP contribution in [0.5, 0.6) is 11.5 Å². The number of aliphatic hydroxyl groups is 5. The summed E-state index contributed by atoms with van der Waals surface area (Å²) in [5.41, 5.74) is 0.344. The molecule has 0 radical (unpaired) electrons. The van der Waals surface area contributed by atoms with Crippen molar-refractivity contribution in [2.45, 2.75) is 51.0 Å². The molecule has 2 heterocycles. The number of hydrogen-bond donors (Lipinski definition) is 6. The van der Waals surface area contributed by atoms with Gasteiger partial charge in [0.25, 0.3) is 0 Å². The molecule has 0 saturated carbocycles. The van der Waals surface area contributed by atoms with Gasteiger partial charge in [-0.1, -0.05) is 11.6 Å². The maximum absolute atomic E-state index is 12.4. The Morgan fingerprint density at radius 2 is 1.87 bits per heavy atom. The second kappa shape index (κ2) is 9.35. The number of aliphatic hydroxyl groups excluding tert-OH is 5. The van der Waals surface area contributed by atoms with Crippen LogP contribution in [-0.2, 0) is 11.2 Å². The molecule has 1 aliphatic heterocycles. The third-order valence-corrected chi connectivity index (χ3v) is 5.18. The van der Waals surface area contributed by atoms with Crippen molar-refractivity contribution in [1.82, 2.24) is 0 Å². The van der Waals surface area contributed by atoms with Gasteiger partial charge < -0.3 is 44.5 Å². The Bertz CT molecular complexity index is 1020. The molecule has 1 saturated heterocycles. The molecule has 5 atom stereocenters. The molecular formula is C21H26O10. The van der Waals surface area contributed by atoms with E-state index in [1.807, 2.05) is 0 Å². The number of phenolic OH excluding ortho intramolecular Hbond substituents is 1. The Balaban J connectivity index is 2.10. The predicted octanol–water partition coefficient (Wildman–Crippen LogP) is -0.533. The highest BCUT2D eigenvalue weighted by Crippen LogP contribution is 2.37. The van der Waals surface area contributed by atoms with Gasteiger partial charge in [0.15, 0.2) is 5.43 Å². The normalized spacial score (nSPS) is 26.9. The summed E-state index contributed by atoms with van der Waals surface area (Å²) in [6.07, 6.45) is -5.86. The zero-order valence-corrected chi connectivity index (χ0v) is 17.1. The average molecular weight is 438 g/mol. The molecule has 0 amide bonds. The quantitative estimate of drug-likeness (QED) is 0.322. The molecule has 31 heavy (non-hydrogen) atoms. The Morgan fingerprint density at radius 3 is 2.52 bits per heavy atom. The monoisotopic (exact) mass is 438 g/mol. The van der Waals surface area contributed by atoms with Gasteiger partial charge in [0.1, 0.15) is 52.6 Å². The van der Waals surface area contributed by atoms with Gasteiger partial charge in [-0.3, -0.25) is 4.79 Å². The third kappa shape index (κ3) is 4.59. The van der Waals surface area contributed by atoms with Crippen molar-refractivity contribution in [3.8, 4) is 11.5 Å². The highest BCUT2D eigenvalue weighted by Gasteiger charge is 2.45. The van der Waals surface area contributed by atoms with Crippen LogP contribution in [0.15, 0.2) is 33.0 Å². The van der Waals surface area contributed by atoms with Crippen molar-refractivity contribution in [3.05, 3.63) is 45.3 Å². The first kappa shape index (κ1) is 23.2. The van der Waals surface area contributed by atoms with Gasteiger partial charge in [-0.15, -0.1) is 0 Å². The summed E-state index contributed by atoms with van der Waals surface area (Å²) in [5, 5.41) is 59.6. The first-order valence-electron chi connectivity index (χ1n) is 9.70. The van der Waals surface area contributed by atoms with Crippen LogP contribution in [0, 0.1) is 6.92 Å². The highest BCUT2D eigenvalue weighted by molar-refractivity contribution is 5.87. The first-order chi connectivity index (χ1) is 14.7. The summed E-state index contributed by atoms with van der Waals surface area (Å²) >= 11 is 0. The van der Waals surface area contributed by atoms with Crippen LogP contribution in [0.3, 0.4) is 0 Å². The van der Waals surface area contributed by atoms with E-state index >= 15 is 0 Å². The van der Waals surface area contributed by atoms with Gasteiger partial charge in [-0.25, -0.2) is 0 Å². The molecule has 6 N–H and O–H groups in total. The van der Waals surface area contributed by atoms with Crippen molar-refractivity contribution >= 4 is 11.0 Å². The van der Waals surface area contributed by atoms with E-state index < -0.39 is 48.5 Å². The van der Waals surface area contributed by atoms with Gasteiger partial charge in [0.2, 0.25) is 6.29 Å². The highest BCUT2D eigenvalue weighted by atomic mass is 16.7. The van der Waals surface area contributed by atoms with Gasteiger partial charge >= 0.3 is 0 Å². The number of allylic oxidation sites excluding steroid dienone is 1. The molecule has 170 valence electrons. The van der Waals surface area contributed by atoms with E-state index in [9.17, 15) is 35.4 Å². The molecule has 3 rings (SSSR count). The molecule has 2 aromatic rings. The summed E-state index contributed by atoms with van der Waals surface area (Å²) < 4.78 is 16.6. The molecule has 0 unspecified atom stereocenters. The van der Waals surface area contributed by atoms with Crippen LogP contribution in [0.25, 0.3) is 11.0 Å². The summed E-state index contributed by atoms with van der Waals surface area (Å²) in [7, 11) is 0. The summed E-state index contributed by atoms with van der Waals surface area (Å²) in [6.45, 7) is 2.40. The fourth-order valence-electron chi connectivity index (χ4n) is 3.37. The minimum atomic E-state index is -1.66. The first-order valence-corrected chi connectivity index (χ1v) is 9.70. The third-order valence-electron chi connectivity index (χ3n) is 5.18. The standard InChI is InChI=1S/C21H26O10/c1-9(7-22)3-4-11-13(6-14-16(17(11)25)12(24)5-10(2)29-14)30-21-20(28)19(27)18(26)15(8-23)31-21/h3,5-6,15,18-23,25-28H,4,7-8H2,1-2H3/t15-,18-,19+,20-,21-/m1/s1. The summed E-state index contributed by atoms with van der Waals surface area (Å²) in [5.74, 6) is -0.0997. The number of benzene rings is 1. The van der Waals surface area contributed by atoms with E-state index in [2.05, 4.69) is 0 Å². The molecule has 0 aliphatic carbocycles. The van der Waals surface area contributed by atoms with E-state index in [1.165, 1.54) is 12.1 Å². The second-order valence-corrected chi connectivity index (χ2v) is 7.52. The number of fused-ring (bicyclic) bond motifs is 1. The molecule has 1 aromatic heterocycles. The lowest BCUT2D eigenvalue weighted by Crippen LogP contribution is -2.60. The summed E-state index contributed by atoms with van der Waals surface area (Å²) in [6, 6.07) is 2.58. The Hall–Kier alpha value is -2.47.